The SMILES string of the molecule is CCCCc1cc(C(C)=O)sc1-c1sc(C(C)=O)cc1CCCC. The Morgan fingerprint density at radius 3 is 1.46 bits per heavy atom. The molecule has 24 heavy (non-hydrogen) atoms. The van der Waals surface area contributed by atoms with E-state index in [4.69, 9.17) is 0 Å². The Labute approximate surface area is 152 Å². The first kappa shape index (κ1) is 19.1. The Balaban J connectivity index is 2.51. The number of Topliss-reactive ketones (excluding diaryl/α,β-unsaturated/α-hetero) is 2. The number of aryl methyl sites for hydroxylation is 2. The largest absolute Gasteiger partial charge is 0.294 e. The van der Waals surface area contributed by atoms with Gasteiger partial charge in [0.15, 0.2) is 11.6 Å². The average Bonchev–Trinajstić information content (AvgIpc) is 3.14. The van der Waals surface area contributed by atoms with Gasteiger partial charge in [-0.1, -0.05) is 26.7 Å². The molecule has 2 aromatic rings. The van der Waals surface area contributed by atoms with E-state index in [1.54, 1.807) is 36.5 Å². The minimum Gasteiger partial charge on any atom is -0.294 e. The molecule has 0 fully saturated rings. The zero-order valence-electron chi connectivity index (χ0n) is 15.0. The molecule has 0 aliphatic rings. The molecule has 0 unspecified atom stereocenters. The molecule has 2 nitrogen and oxygen atoms in total. The van der Waals surface area contributed by atoms with E-state index in [-0.39, 0.29) is 11.6 Å². The molecule has 2 rings (SSSR count). The predicted octanol–water partition coefficient (Wildman–Crippen LogP) is 6.57. The van der Waals surface area contributed by atoms with Gasteiger partial charge in [-0.05, 0) is 62.8 Å². The third-order valence-electron chi connectivity index (χ3n) is 4.12. The lowest BCUT2D eigenvalue weighted by molar-refractivity contribution is 0.101. The van der Waals surface area contributed by atoms with Gasteiger partial charge < -0.3 is 0 Å². The van der Waals surface area contributed by atoms with E-state index >= 15 is 0 Å². The van der Waals surface area contributed by atoms with Crippen LogP contribution < -0.4 is 0 Å². The highest BCUT2D eigenvalue weighted by Gasteiger charge is 2.19. The van der Waals surface area contributed by atoms with Gasteiger partial charge in [-0.25, -0.2) is 0 Å². The molecular formula is C20H26O2S2. The monoisotopic (exact) mass is 362 g/mol. The molecule has 0 radical (unpaired) electrons. The summed E-state index contributed by atoms with van der Waals surface area (Å²) < 4.78 is 0. The van der Waals surface area contributed by atoms with E-state index in [1.165, 1.54) is 20.9 Å². The van der Waals surface area contributed by atoms with E-state index in [2.05, 4.69) is 26.0 Å². The Morgan fingerprint density at radius 2 is 1.17 bits per heavy atom. The van der Waals surface area contributed by atoms with Crippen molar-refractivity contribution in [3.63, 3.8) is 0 Å². The highest BCUT2D eigenvalue weighted by Crippen LogP contribution is 2.41. The van der Waals surface area contributed by atoms with E-state index in [0.717, 1.165) is 48.3 Å². The van der Waals surface area contributed by atoms with Crippen molar-refractivity contribution in [2.45, 2.75) is 66.2 Å². The summed E-state index contributed by atoms with van der Waals surface area (Å²) in [5.74, 6) is 0.255. The molecule has 0 saturated heterocycles. The second kappa shape index (κ2) is 8.72. The van der Waals surface area contributed by atoms with Gasteiger partial charge in [0, 0.05) is 9.75 Å². The fourth-order valence-electron chi connectivity index (χ4n) is 2.69. The fourth-order valence-corrected chi connectivity index (χ4v) is 5.11. The highest BCUT2D eigenvalue weighted by atomic mass is 32.1. The van der Waals surface area contributed by atoms with Crippen molar-refractivity contribution in [1.82, 2.24) is 0 Å². The van der Waals surface area contributed by atoms with Gasteiger partial charge in [-0.15, -0.1) is 22.7 Å². The standard InChI is InChI=1S/C20H26O2S2/c1-5-7-9-15-11-17(13(3)21)23-19(15)20-16(10-8-6-2)12-18(24-20)14(4)22/h11-12H,5-10H2,1-4H3. The maximum atomic E-state index is 11.8. The Kier molecular flexibility index (Phi) is 6.93. The van der Waals surface area contributed by atoms with Crippen LogP contribution in [0.5, 0.6) is 0 Å². The smallest absolute Gasteiger partial charge is 0.169 e. The number of unbranched alkanes of at least 4 members (excludes halogenated alkanes) is 2. The maximum Gasteiger partial charge on any atom is 0.169 e. The molecule has 0 aliphatic heterocycles. The van der Waals surface area contributed by atoms with Gasteiger partial charge in [-0.3, -0.25) is 9.59 Å². The van der Waals surface area contributed by atoms with Crippen LogP contribution in [-0.4, -0.2) is 11.6 Å². The van der Waals surface area contributed by atoms with E-state index < -0.39 is 0 Å². The third-order valence-corrected chi connectivity index (χ3v) is 6.84. The van der Waals surface area contributed by atoms with Crippen LogP contribution in [0.1, 0.15) is 83.8 Å². The molecule has 2 aromatic heterocycles. The second-order valence-electron chi connectivity index (χ2n) is 6.25. The number of rotatable bonds is 9. The molecule has 0 bridgehead atoms. The fraction of sp³-hybridized carbons (Fsp3) is 0.500. The molecular weight excluding hydrogens is 336 g/mol. The molecule has 130 valence electrons. The summed E-state index contributed by atoms with van der Waals surface area (Å²) in [5, 5.41) is 0. The van der Waals surface area contributed by atoms with Crippen molar-refractivity contribution in [3.05, 3.63) is 33.0 Å². The zero-order chi connectivity index (χ0) is 17.7. The topological polar surface area (TPSA) is 34.1 Å². The van der Waals surface area contributed by atoms with Crippen LogP contribution in [0.25, 0.3) is 9.75 Å². The number of hydrogen-bond donors (Lipinski definition) is 0. The maximum absolute atomic E-state index is 11.8. The van der Waals surface area contributed by atoms with Crippen LogP contribution in [0.4, 0.5) is 0 Å². The average molecular weight is 363 g/mol. The van der Waals surface area contributed by atoms with Gasteiger partial charge in [-0.2, -0.15) is 0 Å². The van der Waals surface area contributed by atoms with Crippen LogP contribution in [-0.2, 0) is 12.8 Å². The first-order valence-electron chi connectivity index (χ1n) is 8.75. The van der Waals surface area contributed by atoms with Crippen molar-refractivity contribution in [1.29, 1.82) is 0 Å². The molecule has 0 amide bonds. The van der Waals surface area contributed by atoms with E-state index in [9.17, 15) is 9.59 Å². The number of carbonyl (C=O) groups is 2. The van der Waals surface area contributed by atoms with Gasteiger partial charge >= 0.3 is 0 Å². The van der Waals surface area contributed by atoms with Crippen molar-refractivity contribution in [2.75, 3.05) is 0 Å². The predicted molar refractivity (Wildman–Crippen MR) is 105 cm³/mol. The molecule has 0 aromatic carbocycles. The molecule has 0 atom stereocenters. The summed E-state index contributed by atoms with van der Waals surface area (Å²) in [4.78, 5) is 27.8. The van der Waals surface area contributed by atoms with Crippen LogP contribution in [0.2, 0.25) is 0 Å². The lowest BCUT2D eigenvalue weighted by atomic mass is 10.0. The minimum atomic E-state index is 0.127. The summed E-state index contributed by atoms with van der Waals surface area (Å²) in [5.41, 5.74) is 2.53. The van der Waals surface area contributed by atoms with E-state index in [1.807, 2.05) is 0 Å². The molecule has 4 heteroatoms. The van der Waals surface area contributed by atoms with Gasteiger partial charge in [0.05, 0.1) is 9.75 Å². The quantitative estimate of drug-likeness (QED) is 0.473. The number of carbonyl (C=O) groups excluding carboxylic acids is 2. The van der Waals surface area contributed by atoms with Gasteiger partial charge in [0.1, 0.15) is 0 Å². The third kappa shape index (κ3) is 4.42. The highest BCUT2D eigenvalue weighted by molar-refractivity contribution is 7.24. The van der Waals surface area contributed by atoms with Gasteiger partial charge in [0.2, 0.25) is 0 Å². The van der Waals surface area contributed by atoms with Crippen molar-refractivity contribution >= 4 is 34.2 Å². The normalized spacial score (nSPS) is 11.0. The summed E-state index contributed by atoms with van der Waals surface area (Å²) in [6, 6.07) is 4.13. The molecule has 2 heterocycles. The second-order valence-corrected chi connectivity index (χ2v) is 8.35. The first-order chi connectivity index (χ1) is 11.5. The molecule has 0 aliphatic carbocycles. The van der Waals surface area contributed by atoms with Crippen molar-refractivity contribution < 1.29 is 9.59 Å². The summed E-state index contributed by atoms with van der Waals surface area (Å²) in [6.45, 7) is 7.63. The Bertz CT molecular complexity index is 660. The zero-order valence-corrected chi connectivity index (χ0v) is 16.7. The van der Waals surface area contributed by atoms with E-state index in [0.29, 0.717) is 0 Å². The lowest BCUT2D eigenvalue weighted by Gasteiger charge is -2.05. The van der Waals surface area contributed by atoms with Gasteiger partial charge in [0.25, 0.3) is 0 Å². The van der Waals surface area contributed by atoms with Crippen LogP contribution in [0.15, 0.2) is 12.1 Å². The number of ketones is 2. The summed E-state index contributed by atoms with van der Waals surface area (Å²) in [6.07, 6.45) is 6.51. The van der Waals surface area contributed by atoms with Crippen LogP contribution in [0, 0.1) is 0 Å². The lowest BCUT2D eigenvalue weighted by Crippen LogP contribution is -1.88. The Hall–Kier alpha value is -1.26. The molecule has 0 N–H and O–H groups in total. The van der Waals surface area contributed by atoms with Crippen molar-refractivity contribution in [2.24, 2.45) is 0 Å². The Morgan fingerprint density at radius 1 is 0.792 bits per heavy atom. The molecule has 0 saturated carbocycles. The number of hydrogen-bond acceptors (Lipinski definition) is 4. The number of thiophene rings is 2. The molecule has 0 spiro atoms. The minimum absolute atomic E-state index is 0.127. The first-order valence-corrected chi connectivity index (χ1v) is 10.4. The summed E-state index contributed by atoms with van der Waals surface area (Å²) >= 11 is 3.19. The van der Waals surface area contributed by atoms with Crippen LogP contribution in [0.3, 0.4) is 0 Å². The summed E-state index contributed by atoms with van der Waals surface area (Å²) in [7, 11) is 0. The van der Waals surface area contributed by atoms with Crippen LogP contribution >= 0.6 is 22.7 Å². The van der Waals surface area contributed by atoms with Crippen molar-refractivity contribution in [3.8, 4) is 9.75 Å².